The molecule has 3 N–H and O–H groups in total. The fourth-order valence-corrected chi connectivity index (χ4v) is 1.31. The first-order chi connectivity index (χ1) is 6.91. The maximum atomic E-state index is 13.1. The molecule has 2 nitrogen and oxygen atoms in total. The van der Waals surface area contributed by atoms with Crippen LogP contribution in [-0.2, 0) is 0 Å². The quantitative estimate of drug-likeness (QED) is 0.783. The number of hydrogen-bond donors (Lipinski definition) is 2. The van der Waals surface area contributed by atoms with Crippen molar-refractivity contribution in [3.05, 3.63) is 28.5 Å². The van der Waals surface area contributed by atoms with Crippen LogP contribution in [0.2, 0.25) is 5.02 Å². The molecule has 0 fully saturated rings. The second-order valence-electron chi connectivity index (χ2n) is 4.00. The zero-order valence-corrected chi connectivity index (χ0v) is 9.90. The number of aryl methyl sites for hydroxylation is 1. The average molecular weight is 231 g/mol. The summed E-state index contributed by atoms with van der Waals surface area (Å²) in [7, 11) is 0. The molecule has 1 aromatic carbocycles. The highest BCUT2D eigenvalue weighted by Gasteiger charge is 2.10. The number of halogens is 2. The summed E-state index contributed by atoms with van der Waals surface area (Å²) >= 11 is 5.69. The third-order valence-corrected chi connectivity index (χ3v) is 2.60. The minimum Gasteiger partial charge on any atom is -0.370 e. The molecule has 0 aliphatic rings. The fourth-order valence-electron chi connectivity index (χ4n) is 1.15. The van der Waals surface area contributed by atoms with Crippen molar-refractivity contribution < 1.29 is 4.39 Å². The first kappa shape index (κ1) is 12.3. The van der Waals surface area contributed by atoms with Crippen molar-refractivity contribution in [2.75, 3.05) is 5.32 Å². The molecular weight excluding hydrogens is 215 g/mol. The van der Waals surface area contributed by atoms with Gasteiger partial charge in [0, 0.05) is 5.69 Å². The van der Waals surface area contributed by atoms with Gasteiger partial charge >= 0.3 is 0 Å². The Balaban J connectivity index is 2.91. The highest BCUT2D eigenvalue weighted by atomic mass is 35.5. The first-order valence-corrected chi connectivity index (χ1v) is 5.27. The van der Waals surface area contributed by atoms with E-state index in [-0.39, 0.29) is 11.2 Å². The third-order valence-electron chi connectivity index (χ3n) is 2.31. The maximum absolute atomic E-state index is 13.1. The molecule has 84 valence electrons. The zero-order valence-electron chi connectivity index (χ0n) is 9.14. The van der Waals surface area contributed by atoms with Crippen molar-refractivity contribution in [3.63, 3.8) is 0 Å². The van der Waals surface area contributed by atoms with Crippen molar-refractivity contribution in [1.29, 1.82) is 0 Å². The van der Waals surface area contributed by atoms with E-state index in [1.165, 1.54) is 6.07 Å². The van der Waals surface area contributed by atoms with Crippen LogP contribution in [0.25, 0.3) is 0 Å². The van der Waals surface area contributed by atoms with Crippen molar-refractivity contribution in [3.8, 4) is 0 Å². The average Bonchev–Trinajstić information content (AvgIpc) is 2.13. The molecule has 0 bridgehead atoms. The molecule has 0 heterocycles. The summed E-state index contributed by atoms with van der Waals surface area (Å²) in [4.78, 5) is 0. The van der Waals surface area contributed by atoms with Crippen molar-refractivity contribution in [1.82, 2.24) is 0 Å². The van der Waals surface area contributed by atoms with E-state index in [0.717, 1.165) is 11.3 Å². The van der Waals surface area contributed by atoms with E-state index in [2.05, 4.69) is 5.32 Å². The molecule has 0 saturated carbocycles. The van der Waals surface area contributed by atoms with Crippen LogP contribution in [0.1, 0.15) is 19.4 Å². The molecule has 1 unspecified atom stereocenters. The van der Waals surface area contributed by atoms with Crippen LogP contribution in [0.5, 0.6) is 0 Å². The van der Waals surface area contributed by atoms with Gasteiger partial charge in [0.05, 0.1) is 11.2 Å². The summed E-state index contributed by atoms with van der Waals surface area (Å²) in [5.74, 6) is -0.105. The van der Waals surface area contributed by atoms with Gasteiger partial charge in [0.15, 0.2) is 0 Å². The fraction of sp³-hybridized carbons (Fsp3) is 0.455. The number of anilines is 1. The summed E-state index contributed by atoms with van der Waals surface area (Å²) in [5.41, 5.74) is 7.44. The van der Waals surface area contributed by atoms with Crippen molar-refractivity contribution >= 4 is 17.3 Å². The predicted octanol–water partition coefficient (Wildman–Crippen LogP) is 3.14. The highest BCUT2D eigenvalue weighted by Crippen LogP contribution is 2.24. The lowest BCUT2D eigenvalue weighted by molar-refractivity contribution is 0.539. The molecule has 0 amide bonds. The first-order valence-electron chi connectivity index (χ1n) is 4.89. The minimum absolute atomic E-state index is 0.110. The van der Waals surface area contributed by atoms with Crippen LogP contribution in [-0.4, -0.2) is 6.17 Å². The number of nitrogens with two attached hydrogens (primary N) is 1. The Morgan fingerprint density at radius 1 is 1.40 bits per heavy atom. The Morgan fingerprint density at radius 2 is 2.00 bits per heavy atom. The van der Waals surface area contributed by atoms with Gasteiger partial charge in [-0.2, -0.15) is 0 Å². The topological polar surface area (TPSA) is 38.0 Å². The molecular formula is C11H16ClFN2. The third kappa shape index (κ3) is 3.08. The number of hydrogen-bond acceptors (Lipinski definition) is 2. The lowest BCUT2D eigenvalue weighted by Crippen LogP contribution is -2.35. The molecule has 15 heavy (non-hydrogen) atoms. The number of rotatable bonds is 3. The van der Waals surface area contributed by atoms with E-state index in [1.54, 1.807) is 6.07 Å². The highest BCUT2D eigenvalue weighted by molar-refractivity contribution is 6.31. The lowest BCUT2D eigenvalue weighted by atomic mass is 10.1. The Kier molecular flexibility index (Phi) is 3.94. The molecule has 0 aromatic heterocycles. The van der Waals surface area contributed by atoms with Gasteiger partial charge in [0.1, 0.15) is 5.82 Å². The van der Waals surface area contributed by atoms with Gasteiger partial charge in [-0.15, -0.1) is 0 Å². The molecule has 1 atom stereocenters. The maximum Gasteiger partial charge on any atom is 0.142 e. The predicted molar refractivity (Wildman–Crippen MR) is 62.6 cm³/mol. The van der Waals surface area contributed by atoms with Gasteiger partial charge in [0.2, 0.25) is 0 Å². The summed E-state index contributed by atoms with van der Waals surface area (Å²) in [6, 6.07) is 2.96. The standard InChI is InChI=1S/C11H16ClFN2/c1-6(2)11(14)15-10-5-8(12)9(13)4-7(10)3/h4-6,11,15H,14H2,1-3H3. The number of nitrogens with one attached hydrogen (secondary N) is 1. The van der Waals surface area contributed by atoms with Crippen LogP contribution >= 0.6 is 11.6 Å². The summed E-state index contributed by atoms with van der Waals surface area (Å²) in [6.45, 7) is 5.84. The van der Waals surface area contributed by atoms with E-state index in [0.29, 0.717) is 5.92 Å². The van der Waals surface area contributed by atoms with Gasteiger partial charge in [-0.1, -0.05) is 25.4 Å². The van der Waals surface area contributed by atoms with E-state index in [1.807, 2.05) is 20.8 Å². The Hall–Kier alpha value is -0.800. The van der Waals surface area contributed by atoms with E-state index in [4.69, 9.17) is 17.3 Å². The SMILES string of the molecule is Cc1cc(F)c(Cl)cc1NC(N)C(C)C. The summed E-state index contributed by atoms with van der Waals surface area (Å²) in [5, 5.41) is 3.21. The molecule has 0 radical (unpaired) electrons. The Bertz CT molecular complexity index is 353. The molecule has 0 aliphatic heterocycles. The second-order valence-corrected chi connectivity index (χ2v) is 4.40. The van der Waals surface area contributed by atoms with Crippen LogP contribution < -0.4 is 11.1 Å². The zero-order chi connectivity index (χ0) is 11.6. The summed E-state index contributed by atoms with van der Waals surface area (Å²) < 4.78 is 13.1. The van der Waals surface area contributed by atoms with E-state index >= 15 is 0 Å². The van der Waals surface area contributed by atoms with Crippen molar-refractivity contribution in [2.45, 2.75) is 26.9 Å². The van der Waals surface area contributed by atoms with Gasteiger partial charge in [-0.05, 0) is 30.5 Å². The van der Waals surface area contributed by atoms with Crippen LogP contribution in [0, 0.1) is 18.7 Å². The molecule has 1 rings (SSSR count). The van der Waals surface area contributed by atoms with E-state index in [9.17, 15) is 4.39 Å². The van der Waals surface area contributed by atoms with E-state index < -0.39 is 5.82 Å². The molecule has 0 spiro atoms. The summed E-state index contributed by atoms with van der Waals surface area (Å²) in [6.07, 6.45) is -0.162. The van der Waals surface area contributed by atoms with Crippen LogP contribution in [0.3, 0.4) is 0 Å². The van der Waals surface area contributed by atoms with Crippen LogP contribution in [0.4, 0.5) is 10.1 Å². The minimum atomic E-state index is -0.405. The molecule has 1 aromatic rings. The Labute approximate surface area is 94.6 Å². The molecule has 0 aliphatic carbocycles. The van der Waals surface area contributed by atoms with Gasteiger partial charge in [0.25, 0.3) is 0 Å². The van der Waals surface area contributed by atoms with Gasteiger partial charge < -0.3 is 11.1 Å². The molecule has 0 saturated heterocycles. The van der Waals surface area contributed by atoms with Gasteiger partial charge in [-0.25, -0.2) is 4.39 Å². The lowest BCUT2D eigenvalue weighted by Gasteiger charge is -2.20. The monoisotopic (exact) mass is 230 g/mol. The number of benzene rings is 1. The normalized spacial score (nSPS) is 13.0. The largest absolute Gasteiger partial charge is 0.370 e. The second kappa shape index (κ2) is 4.81. The molecule has 4 heteroatoms. The van der Waals surface area contributed by atoms with Gasteiger partial charge in [-0.3, -0.25) is 0 Å². The Morgan fingerprint density at radius 3 is 2.53 bits per heavy atom. The smallest absolute Gasteiger partial charge is 0.142 e. The van der Waals surface area contributed by atoms with Crippen LogP contribution in [0.15, 0.2) is 12.1 Å². The van der Waals surface area contributed by atoms with Crippen molar-refractivity contribution in [2.24, 2.45) is 11.7 Å².